The molecule has 0 radical (unpaired) electrons. The van der Waals surface area contributed by atoms with E-state index in [9.17, 15) is 0 Å². The quantitative estimate of drug-likeness (QED) is 0.862. The predicted octanol–water partition coefficient (Wildman–Crippen LogP) is 3.02. The summed E-state index contributed by atoms with van der Waals surface area (Å²) in [7, 11) is 4.98. The van der Waals surface area contributed by atoms with Gasteiger partial charge in [-0.25, -0.2) is 0 Å². The number of methoxy groups -OCH3 is 3. The van der Waals surface area contributed by atoms with Gasteiger partial charge in [-0.15, -0.1) is 0 Å². The van der Waals surface area contributed by atoms with Crippen LogP contribution in [0.5, 0.6) is 17.2 Å². The molecule has 1 heterocycles. The summed E-state index contributed by atoms with van der Waals surface area (Å²) in [5, 5.41) is 3.44. The molecule has 5 nitrogen and oxygen atoms in total. The van der Waals surface area contributed by atoms with Crippen LogP contribution < -0.4 is 19.5 Å². The molecule has 5 heteroatoms. The van der Waals surface area contributed by atoms with E-state index in [0.29, 0.717) is 11.5 Å². The maximum absolute atomic E-state index is 5.79. The summed E-state index contributed by atoms with van der Waals surface area (Å²) >= 11 is 0. The summed E-state index contributed by atoms with van der Waals surface area (Å²) in [5.74, 6) is 2.05. The first-order valence-corrected chi connectivity index (χ1v) is 8.99. The molecule has 140 valence electrons. The second kappa shape index (κ2) is 8.43. The summed E-state index contributed by atoms with van der Waals surface area (Å²) < 4.78 is 16.9. The Balaban J connectivity index is 2.15. The van der Waals surface area contributed by atoms with Crippen molar-refractivity contribution in [1.29, 1.82) is 0 Å². The van der Waals surface area contributed by atoms with E-state index in [1.807, 2.05) is 6.07 Å². The molecule has 1 saturated heterocycles. The first-order valence-electron chi connectivity index (χ1n) is 8.99. The topological polar surface area (TPSA) is 43.0 Å². The molecule has 3 rings (SSSR count). The molecule has 2 aromatic rings. The zero-order valence-electron chi connectivity index (χ0n) is 16.0. The van der Waals surface area contributed by atoms with Crippen molar-refractivity contribution in [2.75, 3.05) is 47.5 Å². The molecular formula is C21H28N2O3. The SMILES string of the molecule is COc1ccc(C(c2cccc(C)c2)N2CCNCC2)c(OC)c1OC. The van der Waals surface area contributed by atoms with Crippen LogP contribution in [-0.4, -0.2) is 52.4 Å². The zero-order chi connectivity index (χ0) is 18.5. The van der Waals surface area contributed by atoms with E-state index in [2.05, 4.69) is 47.5 Å². The van der Waals surface area contributed by atoms with E-state index in [-0.39, 0.29) is 6.04 Å². The molecule has 1 fully saturated rings. The van der Waals surface area contributed by atoms with Gasteiger partial charge in [-0.3, -0.25) is 4.90 Å². The van der Waals surface area contributed by atoms with Crippen LogP contribution in [0.1, 0.15) is 22.7 Å². The Morgan fingerprint density at radius 3 is 2.27 bits per heavy atom. The molecular weight excluding hydrogens is 328 g/mol. The van der Waals surface area contributed by atoms with E-state index in [0.717, 1.165) is 37.5 Å². The van der Waals surface area contributed by atoms with Crippen LogP contribution in [0.15, 0.2) is 36.4 Å². The summed E-state index contributed by atoms with van der Waals surface area (Å²) in [6.07, 6.45) is 0. The van der Waals surface area contributed by atoms with E-state index in [1.165, 1.54) is 11.1 Å². The fourth-order valence-electron chi connectivity index (χ4n) is 3.71. The van der Waals surface area contributed by atoms with Crippen LogP contribution in [-0.2, 0) is 0 Å². The lowest BCUT2D eigenvalue weighted by Crippen LogP contribution is -2.45. The van der Waals surface area contributed by atoms with Gasteiger partial charge in [0.2, 0.25) is 5.75 Å². The molecule has 1 aliphatic rings. The molecule has 0 bridgehead atoms. The zero-order valence-corrected chi connectivity index (χ0v) is 16.0. The van der Waals surface area contributed by atoms with E-state index in [1.54, 1.807) is 21.3 Å². The van der Waals surface area contributed by atoms with Crippen LogP contribution in [0, 0.1) is 6.92 Å². The Hall–Kier alpha value is -2.24. The van der Waals surface area contributed by atoms with Crippen LogP contribution in [0.4, 0.5) is 0 Å². The van der Waals surface area contributed by atoms with Gasteiger partial charge < -0.3 is 19.5 Å². The van der Waals surface area contributed by atoms with E-state index in [4.69, 9.17) is 14.2 Å². The summed E-state index contributed by atoms with van der Waals surface area (Å²) in [4.78, 5) is 2.50. The molecule has 1 N–H and O–H groups in total. The third kappa shape index (κ3) is 3.64. The van der Waals surface area contributed by atoms with Gasteiger partial charge in [0.05, 0.1) is 27.4 Å². The Bertz CT molecular complexity index is 742. The average Bonchev–Trinajstić information content (AvgIpc) is 2.68. The Labute approximate surface area is 155 Å². The van der Waals surface area contributed by atoms with Crippen molar-refractivity contribution in [2.45, 2.75) is 13.0 Å². The van der Waals surface area contributed by atoms with Crippen molar-refractivity contribution in [1.82, 2.24) is 10.2 Å². The molecule has 1 aliphatic heterocycles. The largest absolute Gasteiger partial charge is 0.493 e. The molecule has 0 amide bonds. The highest BCUT2D eigenvalue weighted by atomic mass is 16.5. The summed E-state index contributed by atoms with van der Waals surface area (Å²) in [6, 6.07) is 12.8. The van der Waals surface area contributed by atoms with Gasteiger partial charge in [-0.05, 0) is 24.6 Å². The maximum Gasteiger partial charge on any atom is 0.203 e. The third-order valence-electron chi connectivity index (χ3n) is 4.90. The summed E-state index contributed by atoms with van der Waals surface area (Å²) in [6.45, 7) is 6.06. The van der Waals surface area contributed by atoms with Gasteiger partial charge in [0, 0.05) is 31.7 Å². The number of hydrogen-bond acceptors (Lipinski definition) is 5. The fourth-order valence-corrected chi connectivity index (χ4v) is 3.71. The smallest absolute Gasteiger partial charge is 0.203 e. The van der Waals surface area contributed by atoms with Crippen molar-refractivity contribution < 1.29 is 14.2 Å². The van der Waals surface area contributed by atoms with Crippen LogP contribution in [0.3, 0.4) is 0 Å². The molecule has 1 atom stereocenters. The molecule has 2 aromatic carbocycles. The molecule has 26 heavy (non-hydrogen) atoms. The number of benzene rings is 2. The predicted molar refractivity (Wildman–Crippen MR) is 104 cm³/mol. The first kappa shape index (κ1) is 18.5. The minimum Gasteiger partial charge on any atom is -0.493 e. The van der Waals surface area contributed by atoms with Crippen molar-refractivity contribution in [3.05, 3.63) is 53.1 Å². The van der Waals surface area contributed by atoms with Crippen LogP contribution >= 0.6 is 0 Å². The van der Waals surface area contributed by atoms with Gasteiger partial charge >= 0.3 is 0 Å². The van der Waals surface area contributed by atoms with Gasteiger partial charge in [0.25, 0.3) is 0 Å². The molecule has 0 saturated carbocycles. The summed E-state index contributed by atoms with van der Waals surface area (Å²) in [5.41, 5.74) is 3.61. The highest BCUT2D eigenvalue weighted by Gasteiger charge is 2.29. The van der Waals surface area contributed by atoms with Crippen molar-refractivity contribution >= 4 is 0 Å². The number of hydrogen-bond donors (Lipinski definition) is 1. The normalized spacial score (nSPS) is 16.2. The lowest BCUT2D eigenvalue weighted by atomic mass is 9.94. The second-order valence-corrected chi connectivity index (χ2v) is 6.53. The highest BCUT2D eigenvalue weighted by Crippen LogP contribution is 2.45. The number of nitrogens with zero attached hydrogens (tertiary/aromatic N) is 1. The average molecular weight is 356 g/mol. The molecule has 0 spiro atoms. The van der Waals surface area contributed by atoms with Gasteiger partial charge in [-0.2, -0.15) is 0 Å². The van der Waals surface area contributed by atoms with Gasteiger partial charge in [0.15, 0.2) is 11.5 Å². The number of rotatable bonds is 6. The maximum atomic E-state index is 5.79. The van der Waals surface area contributed by atoms with Crippen LogP contribution in [0.25, 0.3) is 0 Å². The molecule has 1 unspecified atom stereocenters. The molecule has 0 aliphatic carbocycles. The third-order valence-corrected chi connectivity index (χ3v) is 4.90. The number of aryl methyl sites for hydroxylation is 1. The number of nitrogens with one attached hydrogen (secondary N) is 1. The molecule has 0 aromatic heterocycles. The van der Waals surface area contributed by atoms with Crippen molar-refractivity contribution in [3.63, 3.8) is 0 Å². The van der Waals surface area contributed by atoms with Crippen LogP contribution in [0.2, 0.25) is 0 Å². The van der Waals surface area contributed by atoms with Gasteiger partial charge in [0.1, 0.15) is 0 Å². The number of ether oxygens (including phenoxy) is 3. The first-order chi connectivity index (χ1) is 12.7. The Kier molecular flexibility index (Phi) is 6.01. The van der Waals surface area contributed by atoms with E-state index >= 15 is 0 Å². The van der Waals surface area contributed by atoms with Crippen molar-refractivity contribution in [3.8, 4) is 17.2 Å². The Morgan fingerprint density at radius 2 is 1.65 bits per heavy atom. The minimum atomic E-state index is 0.103. The second-order valence-electron chi connectivity index (χ2n) is 6.53. The Morgan fingerprint density at radius 1 is 0.923 bits per heavy atom. The highest BCUT2D eigenvalue weighted by molar-refractivity contribution is 5.58. The monoisotopic (exact) mass is 356 g/mol. The lowest BCUT2D eigenvalue weighted by Gasteiger charge is -2.36. The van der Waals surface area contributed by atoms with Gasteiger partial charge in [-0.1, -0.05) is 29.8 Å². The van der Waals surface area contributed by atoms with Crippen molar-refractivity contribution in [2.24, 2.45) is 0 Å². The standard InChI is InChI=1S/C21H28N2O3/c1-15-6-5-7-16(14-15)19(23-12-10-22-11-13-23)17-8-9-18(24-2)21(26-4)20(17)25-3/h5-9,14,19,22H,10-13H2,1-4H3. The lowest BCUT2D eigenvalue weighted by molar-refractivity contribution is 0.194. The fraction of sp³-hybridized carbons (Fsp3) is 0.429. The minimum absolute atomic E-state index is 0.103. The van der Waals surface area contributed by atoms with E-state index < -0.39 is 0 Å². The number of piperazine rings is 1.